The van der Waals surface area contributed by atoms with Crippen molar-refractivity contribution in [3.8, 4) is 0 Å². The number of nitrogens with zero attached hydrogens (tertiary/aromatic N) is 1. The van der Waals surface area contributed by atoms with Crippen LogP contribution in [0.25, 0.3) is 0 Å². The second-order valence-electron chi connectivity index (χ2n) is 4.61. The van der Waals surface area contributed by atoms with Gasteiger partial charge in [-0.1, -0.05) is 0 Å². The molecule has 1 fully saturated rings. The van der Waals surface area contributed by atoms with Gasteiger partial charge in [0.05, 0.1) is 13.2 Å². The molecule has 0 amide bonds. The van der Waals surface area contributed by atoms with Gasteiger partial charge in [-0.05, 0) is 39.2 Å². The van der Waals surface area contributed by atoms with Gasteiger partial charge in [0.2, 0.25) is 0 Å². The third kappa shape index (κ3) is 5.97. The maximum atomic E-state index is 14.0. The van der Waals surface area contributed by atoms with Gasteiger partial charge in [-0.2, -0.15) is 0 Å². The molecule has 21 heavy (non-hydrogen) atoms. The lowest BCUT2D eigenvalue weighted by Gasteiger charge is -2.24. The zero-order valence-electron chi connectivity index (χ0n) is 12.6. The number of esters is 2. The Morgan fingerprint density at radius 2 is 1.57 bits per heavy atom. The van der Waals surface area contributed by atoms with Gasteiger partial charge in [0.25, 0.3) is 0 Å². The molecule has 0 spiro atoms. The van der Waals surface area contributed by atoms with Crippen LogP contribution in [0.2, 0.25) is 0 Å². The fourth-order valence-corrected chi connectivity index (χ4v) is 2.02. The predicted molar refractivity (Wildman–Crippen MR) is 76.0 cm³/mol. The van der Waals surface area contributed by atoms with E-state index < -0.39 is 23.3 Å². The number of hydrogen-bond donors (Lipinski definition) is 0. The average Bonchev–Trinajstić information content (AvgIpc) is 2.46. The fraction of sp³-hybridized carbons (Fsp3) is 0.600. The number of piperidine rings is 1. The number of hydrogen-bond acceptors (Lipinski definition) is 5. The molecule has 0 saturated carbocycles. The van der Waals surface area contributed by atoms with E-state index in [2.05, 4.69) is 0 Å². The van der Waals surface area contributed by atoms with E-state index in [1.807, 2.05) is 4.90 Å². The van der Waals surface area contributed by atoms with Crippen LogP contribution in [0.3, 0.4) is 0 Å². The summed E-state index contributed by atoms with van der Waals surface area (Å²) in [6.45, 7) is 4.98. The maximum absolute atomic E-state index is 14.0. The number of rotatable bonds is 6. The molecule has 1 rings (SSSR count). The molecule has 5 nitrogen and oxygen atoms in total. The van der Waals surface area contributed by atoms with Crippen LogP contribution in [0.5, 0.6) is 0 Å². The third-order valence-corrected chi connectivity index (χ3v) is 2.97. The van der Waals surface area contributed by atoms with E-state index in [4.69, 9.17) is 9.47 Å². The summed E-state index contributed by atoms with van der Waals surface area (Å²) in [7, 11) is 0. The highest BCUT2D eigenvalue weighted by Crippen LogP contribution is 2.14. The van der Waals surface area contributed by atoms with Crippen molar-refractivity contribution in [3.63, 3.8) is 0 Å². The first-order valence-electron chi connectivity index (χ1n) is 7.25. The summed E-state index contributed by atoms with van der Waals surface area (Å²) in [5, 5.41) is 0. The lowest BCUT2D eigenvalue weighted by atomic mass is 10.1. The molecule has 0 aromatic carbocycles. The molecule has 0 aromatic heterocycles. The van der Waals surface area contributed by atoms with Gasteiger partial charge in [0, 0.05) is 19.3 Å². The quantitative estimate of drug-likeness (QED) is 0.248. The van der Waals surface area contributed by atoms with Crippen molar-refractivity contribution in [1.29, 1.82) is 0 Å². The zero-order chi connectivity index (χ0) is 15.7. The molecule has 0 aliphatic carbocycles. The highest BCUT2D eigenvalue weighted by molar-refractivity contribution is 6.14. The number of likely N-dealkylation sites (tertiary alicyclic amines) is 1. The Labute approximate surface area is 124 Å². The summed E-state index contributed by atoms with van der Waals surface area (Å²) >= 11 is 0. The van der Waals surface area contributed by atoms with Crippen molar-refractivity contribution >= 4 is 11.9 Å². The van der Waals surface area contributed by atoms with E-state index in [0.29, 0.717) is 0 Å². The van der Waals surface area contributed by atoms with Gasteiger partial charge in [-0.3, -0.25) is 0 Å². The molecular formula is C15H22FNO4. The molecule has 1 saturated heterocycles. The number of ether oxygens (including phenoxy) is 2. The Morgan fingerprint density at radius 3 is 2.05 bits per heavy atom. The van der Waals surface area contributed by atoms with Crippen LogP contribution in [-0.4, -0.2) is 43.1 Å². The largest absolute Gasteiger partial charge is 0.462 e. The third-order valence-electron chi connectivity index (χ3n) is 2.97. The van der Waals surface area contributed by atoms with Crippen molar-refractivity contribution < 1.29 is 23.5 Å². The molecule has 1 heterocycles. The number of carbonyl (C=O) groups is 2. The molecule has 1 aliphatic rings. The Bertz CT molecular complexity index is 405. The molecule has 0 unspecified atom stereocenters. The van der Waals surface area contributed by atoms with Crippen LogP contribution in [0.15, 0.2) is 23.7 Å². The summed E-state index contributed by atoms with van der Waals surface area (Å²) in [5.41, 5.74) is -0.426. The molecule has 0 radical (unpaired) electrons. The van der Waals surface area contributed by atoms with E-state index >= 15 is 0 Å². The molecule has 6 heteroatoms. The zero-order valence-corrected chi connectivity index (χ0v) is 12.6. The molecular weight excluding hydrogens is 277 g/mol. The minimum Gasteiger partial charge on any atom is -0.462 e. The Kier molecular flexibility index (Phi) is 7.50. The number of carbonyl (C=O) groups excluding carboxylic acids is 2. The number of halogens is 1. The SMILES string of the molecule is CCOC(=O)C(=C/C(F)=C/N1CCCCC1)C(=O)OCC. The summed E-state index contributed by atoms with van der Waals surface area (Å²) in [4.78, 5) is 25.2. The Balaban J connectivity index is 2.86. The highest BCUT2D eigenvalue weighted by Gasteiger charge is 2.21. The van der Waals surface area contributed by atoms with Crippen LogP contribution in [0, 0.1) is 0 Å². The Hall–Kier alpha value is -1.85. The van der Waals surface area contributed by atoms with E-state index in [1.165, 1.54) is 6.20 Å². The van der Waals surface area contributed by atoms with E-state index in [1.54, 1.807) is 13.8 Å². The van der Waals surface area contributed by atoms with Gasteiger partial charge in [-0.15, -0.1) is 0 Å². The monoisotopic (exact) mass is 299 g/mol. The second-order valence-corrected chi connectivity index (χ2v) is 4.61. The average molecular weight is 299 g/mol. The van der Waals surface area contributed by atoms with Gasteiger partial charge in [0.1, 0.15) is 11.4 Å². The molecule has 0 N–H and O–H groups in total. The highest BCUT2D eigenvalue weighted by atomic mass is 19.1. The fourth-order valence-electron chi connectivity index (χ4n) is 2.02. The summed E-state index contributed by atoms with van der Waals surface area (Å²) in [5.74, 6) is -2.41. The summed E-state index contributed by atoms with van der Waals surface area (Å²) in [6.07, 6.45) is 5.35. The van der Waals surface area contributed by atoms with Crippen molar-refractivity contribution in [2.24, 2.45) is 0 Å². The van der Waals surface area contributed by atoms with E-state index in [0.717, 1.165) is 38.4 Å². The standard InChI is InChI=1S/C15H22FNO4/c1-3-20-14(18)13(15(19)21-4-2)10-12(16)11-17-8-6-5-7-9-17/h10-11H,3-9H2,1-2H3/b12-11-. The molecule has 0 bridgehead atoms. The lowest BCUT2D eigenvalue weighted by Crippen LogP contribution is -2.24. The van der Waals surface area contributed by atoms with Gasteiger partial charge in [0.15, 0.2) is 0 Å². The first kappa shape index (κ1) is 17.2. The Morgan fingerprint density at radius 1 is 1.05 bits per heavy atom. The van der Waals surface area contributed by atoms with Crippen LogP contribution in [-0.2, 0) is 19.1 Å². The molecule has 1 aliphatic heterocycles. The molecule has 118 valence electrons. The molecule has 0 aromatic rings. The molecule has 0 atom stereocenters. The van der Waals surface area contributed by atoms with E-state index in [-0.39, 0.29) is 13.2 Å². The predicted octanol–water partition coefficient (Wildman–Crippen LogP) is 2.34. The first-order chi connectivity index (χ1) is 10.1. The smallest absolute Gasteiger partial charge is 0.345 e. The van der Waals surface area contributed by atoms with E-state index in [9.17, 15) is 14.0 Å². The van der Waals surface area contributed by atoms with Crippen LogP contribution in [0.1, 0.15) is 33.1 Å². The van der Waals surface area contributed by atoms with Crippen molar-refractivity contribution in [1.82, 2.24) is 4.90 Å². The summed E-state index contributed by atoms with van der Waals surface area (Å²) in [6, 6.07) is 0. The minimum absolute atomic E-state index is 0.104. The van der Waals surface area contributed by atoms with Gasteiger partial charge >= 0.3 is 11.9 Å². The van der Waals surface area contributed by atoms with Crippen LogP contribution < -0.4 is 0 Å². The van der Waals surface area contributed by atoms with Crippen molar-refractivity contribution in [2.75, 3.05) is 26.3 Å². The maximum Gasteiger partial charge on any atom is 0.345 e. The van der Waals surface area contributed by atoms with Crippen LogP contribution in [0.4, 0.5) is 4.39 Å². The number of allylic oxidation sites excluding steroid dienone is 2. The summed E-state index contributed by atoms with van der Waals surface area (Å²) < 4.78 is 23.5. The van der Waals surface area contributed by atoms with Crippen molar-refractivity contribution in [3.05, 3.63) is 23.7 Å². The second kappa shape index (κ2) is 9.15. The van der Waals surface area contributed by atoms with Gasteiger partial charge < -0.3 is 14.4 Å². The normalized spacial score (nSPS) is 15.4. The van der Waals surface area contributed by atoms with Crippen molar-refractivity contribution in [2.45, 2.75) is 33.1 Å². The van der Waals surface area contributed by atoms with Crippen LogP contribution >= 0.6 is 0 Å². The van der Waals surface area contributed by atoms with Gasteiger partial charge in [-0.25, -0.2) is 14.0 Å². The lowest BCUT2D eigenvalue weighted by molar-refractivity contribution is -0.146. The topological polar surface area (TPSA) is 55.8 Å². The first-order valence-corrected chi connectivity index (χ1v) is 7.25. The minimum atomic E-state index is -0.877.